The van der Waals surface area contributed by atoms with Crippen LogP contribution >= 0.6 is 11.5 Å². The van der Waals surface area contributed by atoms with Gasteiger partial charge in [-0.25, -0.2) is 0 Å². The Hall–Kier alpha value is -1.54. The first-order chi connectivity index (χ1) is 10.1. The summed E-state index contributed by atoms with van der Waals surface area (Å²) in [6, 6.07) is 0.375. The van der Waals surface area contributed by atoms with Crippen molar-refractivity contribution in [2.75, 3.05) is 13.1 Å². The van der Waals surface area contributed by atoms with E-state index in [1.54, 1.807) is 5.38 Å². The van der Waals surface area contributed by atoms with Gasteiger partial charge in [0.2, 0.25) is 0 Å². The van der Waals surface area contributed by atoms with Gasteiger partial charge in [0.15, 0.2) is 5.69 Å². The quantitative estimate of drug-likeness (QED) is 0.765. The second-order valence-electron chi connectivity index (χ2n) is 5.85. The van der Waals surface area contributed by atoms with Crippen molar-refractivity contribution in [3.63, 3.8) is 0 Å². The molecule has 0 aliphatic heterocycles. The van der Waals surface area contributed by atoms with E-state index in [2.05, 4.69) is 14.9 Å². The van der Waals surface area contributed by atoms with Crippen LogP contribution in [0.3, 0.4) is 0 Å². The summed E-state index contributed by atoms with van der Waals surface area (Å²) in [5, 5.41) is 17.3. The van der Waals surface area contributed by atoms with Crippen molar-refractivity contribution < 1.29 is 14.7 Å². The topological polar surface area (TPSA) is 95.4 Å². The number of carboxylic acids is 1. The van der Waals surface area contributed by atoms with Crippen molar-refractivity contribution >= 4 is 23.4 Å². The molecule has 1 aromatic heterocycles. The van der Waals surface area contributed by atoms with E-state index in [4.69, 9.17) is 5.11 Å². The molecule has 1 heterocycles. The van der Waals surface area contributed by atoms with Crippen LogP contribution < -0.4 is 5.32 Å². The highest BCUT2D eigenvalue weighted by molar-refractivity contribution is 7.03. The van der Waals surface area contributed by atoms with Crippen LogP contribution in [0.15, 0.2) is 5.38 Å². The van der Waals surface area contributed by atoms with Gasteiger partial charge in [-0.2, -0.15) is 0 Å². The number of nitrogens with zero attached hydrogens (tertiary/aromatic N) is 3. The normalized spacial score (nSPS) is 24.6. The zero-order chi connectivity index (χ0) is 14.8. The molecular formula is C13H18N4O3S. The maximum Gasteiger partial charge on any atom is 0.317 e. The van der Waals surface area contributed by atoms with Crippen molar-refractivity contribution in [3.8, 4) is 0 Å². The number of rotatable bonds is 7. The standard InChI is InChI=1S/C13H18N4O3S/c18-12(19)6-17(5-8-1-2-8)10-3-9(4-10)14-13(20)11-7-21-16-15-11/h7-10H,1-6H2,(H,14,20)(H,18,19). The number of hydrogen-bond donors (Lipinski definition) is 2. The third-order valence-corrected chi connectivity index (χ3v) is 4.59. The van der Waals surface area contributed by atoms with Crippen molar-refractivity contribution in [1.29, 1.82) is 0 Å². The third kappa shape index (κ3) is 3.76. The number of carboxylic acid groups (broad SMARTS) is 1. The number of nitrogens with one attached hydrogen (secondary N) is 1. The van der Waals surface area contributed by atoms with E-state index in [0.29, 0.717) is 11.6 Å². The van der Waals surface area contributed by atoms with E-state index in [9.17, 15) is 9.59 Å². The minimum absolute atomic E-state index is 0.0951. The van der Waals surface area contributed by atoms with E-state index in [0.717, 1.165) is 30.9 Å². The van der Waals surface area contributed by atoms with E-state index >= 15 is 0 Å². The van der Waals surface area contributed by atoms with Crippen LogP contribution in [0.2, 0.25) is 0 Å². The van der Waals surface area contributed by atoms with Gasteiger partial charge in [-0.3, -0.25) is 14.5 Å². The van der Waals surface area contributed by atoms with Gasteiger partial charge < -0.3 is 10.4 Å². The molecule has 8 heteroatoms. The highest BCUT2D eigenvalue weighted by Crippen LogP contribution is 2.33. The lowest BCUT2D eigenvalue weighted by Crippen LogP contribution is -2.55. The molecule has 7 nitrogen and oxygen atoms in total. The van der Waals surface area contributed by atoms with Gasteiger partial charge in [-0.05, 0) is 43.1 Å². The zero-order valence-corrected chi connectivity index (χ0v) is 12.4. The molecule has 2 N–H and O–H groups in total. The maximum absolute atomic E-state index is 11.8. The molecule has 2 fully saturated rings. The highest BCUT2D eigenvalue weighted by atomic mass is 32.1. The Morgan fingerprint density at radius 3 is 2.76 bits per heavy atom. The first-order valence-corrected chi connectivity index (χ1v) is 7.99. The van der Waals surface area contributed by atoms with E-state index in [1.165, 1.54) is 12.8 Å². The molecule has 0 atom stereocenters. The molecule has 21 heavy (non-hydrogen) atoms. The third-order valence-electron chi connectivity index (χ3n) is 4.09. The molecule has 0 radical (unpaired) electrons. The van der Waals surface area contributed by atoms with Gasteiger partial charge in [0.1, 0.15) is 0 Å². The molecule has 0 saturated heterocycles. The Morgan fingerprint density at radius 2 is 2.19 bits per heavy atom. The Balaban J connectivity index is 1.46. The number of hydrogen-bond acceptors (Lipinski definition) is 6. The second kappa shape index (κ2) is 6.07. The second-order valence-corrected chi connectivity index (χ2v) is 6.46. The maximum atomic E-state index is 11.8. The van der Waals surface area contributed by atoms with Gasteiger partial charge in [0.05, 0.1) is 6.54 Å². The fourth-order valence-corrected chi connectivity index (χ4v) is 3.11. The van der Waals surface area contributed by atoms with Gasteiger partial charge >= 0.3 is 5.97 Å². The molecule has 2 saturated carbocycles. The molecule has 1 aromatic rings. The number of carbonyl (C=O) groups is 2. The smallest absolute Gasteiger partial charge is 0.317 e. The van der Waals surface area contributed by atoms with Gasteiger partial charge in [-0.1, -0.05) is 4.49 Å². The Bertz CT molecular complexity index is 511. The lowest BCUT2D eigenvalue weighted by atomic mass is 9.85. The van der Waals surface area contributed by atoms with Crippen LogP contribution in [0.1, 0.15) is 36.2 Å². The van der Waals surface area contributed by atoms with Crippen LogP contribution in [0.25, 0.3) is 0 Å². The van der Waals surface area contributed by atoms with Crippen molar-refractivity contribution in [2.24, 2.45) is 5.92 Å². The summed E-state index contributed by atoms with van der Waals surface area (Å²) in [5.74, 6) is -0.310. The van der Waals surface area contributed by atoms with Crippen LogP contribution in [-0.4, -0.2) is 56.6 Å². The molecule has 2 aliphatic rings. The number of aromatic nitrogens is 2. The van der Waals surface area contributed by atoms with Crippen LogP contribution in [-0.2, 0) is 4.79 Å². The summed E-state index contributed by atoms with van der Waals surface area (Å²) >= 11 is 1.15. The minimum Gasteiger partial charge on any atom is -0.480 e. The Kier molecular flexibility index (Phi) is 4.16. The van der Waals surface area contributed by atoms with E-state index in [-0.39, 0.29) is 24.5 Å². The van der Waals surface area contributed by atoms with E-state index in [1.807, 2.05) is 4.90 Å². The molecule has 0 unspecified atom stereocenters. The Labute approximate surface area is 126 Å². The number of carbonyl (C=O) groups excluding carboxylic acids is 1. The summed E-state index contributed by atoms with van der Waals surface area (Å²) in [6.45, 7) is 0.964. The summed E-state index contributed by atoms with van der Waals surface area (Å²) in [7, 11) is 0. The lowest BCUT2D eigenvalue weighted by molar-refractivity contribution is -0.139. The van der Waals surface area contributed by atoms with Gasteiger partial charge in [0.25, 0.3) is 5.91 Å². The minimum atomic E-state index is -0.781. The average molecular weight is 310 g/mol. The summed E-state index contributed by atoms with van der Waals surface area (Å²) in [4.78, 5) is 24.8. The fourth-order valence-electron chi connectivity index (χ4n) is 2.68. The fraction of sp³-hybridized carbons (Fsp3) is 0.692. The van der Waals surface area contributed by atoms with E-state index < -0.39 is 5.97 Å². The van der Waals surface area contributed by atoms with Crippen LogP contribution in [0.5, 0.6) is 0 Å². The molecule has 1 amide bonds. The first kappa shape index (κ1) is 14.4. The SMILES string of the molecule is O=C(O)CN(CC1CC1)C1CC(NC(=O)c2csnn2)C1. The lowest BCUT2D eigenvalue weighted by Gasteiger charge is -2.42. The van der Waals surface area contributed by atoms with Crippen molar-refractivity contribution in [2.45, 2.75) is 37.8 Å². The number of aliphatic carboxylic acids is 1. The van der Waals surface area contributed by atoms with Crippen LogP contribution in [0, 0.1) is 5.92 Å². The predicted octanol–water partition coefficient (Wildman–Crippen LogP) is 0.595. The van der Waals surface area contributed by atoms with Crippen LogP contribution in [0.4, 0.5) is 0 Å². The molecule has 2 aliphatic carbocycles. The van der Waals surface area contributed by atoms with Crippen molar-refractivity contribution in [1.82, 2.24) is 19.8 Å². The molecule has 0 bridgehead atoms. The first-order valence-electron chi connectivity index (χ1n) is 7.15. The zero-order valence-electron chi connectivity index (χ0n) is 11.6. The molecule has 0 spiro atoms. The van der Waals surface area contributed by atoms with Gasteiger partial charge in [0, 0.05) is 24.0 Å². The molecule has 3 rings (SSSR count). The highest BCUT2D eigenvalue weighted by Gasteiger charge is 2.37. The molecule has 0 aromatic carbocycles. The largest absolute Gasteiger partial charge is 0.480 e. The van der Waals surface area contributed by atoms with Crippen molar-refractivity contribution in [3.05, 3.63) is 11.1 Å². The molecule has 114 valence electrons. The predicted molar refractivity (Wildman–Crippen MR) is 76.1 cm³/mol. The summed E-state index contributed by atoms with van der Waals surface area (Å²) in [6.07, 6.45) is 4.03. The summed E-state index contributed by atoms with van der Waals surface area (Å²) in [5.41, 5.74) is 0.351. The molecular weight excluding hydrogens is 292 g/mol. The van der Waals surface area contributed by atoms with Gasteiger partial charge in [-0.15, -0.1) is 5.10 Å². The summed E-state index contributed by atoms with van der Waals surface area (Å²) < 4.78 is 3.67. The monoisotopic (exact) mass is 310 g/mol. The average Bonchev–Trinajstić information content (AvgIpc) is 3.03. The Morgan fingerprint density at radius 1 is 1.43 bits per heavy atom. The number of amides is 1.